The Labute approximate surface area is 221 Å². The molecular formula is C27H20ClN5OS2. The van der Waals surface area contributed by atoms with Crippen molar-refractivity contribution in [3.05, 3.63) is 107 Å². The zero-order chi connectivity index (χ0) is 24.7. The average molecular weight is 530 g/mol. The number of hydrogen-bond acceptors (Lipinski definition) is 7. The fourth-order valence-electron chi connectivity index (χ4n) is 3.54. The summed E-state index contributed by atoms with van der Waals surface area (Å²) in [6.07, 6.45) is 2.48. The number of thioether (sulfide) groups is 1. The van der Waals surface area contributed by atoms with Crippen LogP contribution in [0, 0.1) is 0 Å². The topological polar surface area (TPSA) is 80.7 Å². The quantitative estimate of drug-likeness (QED) is 0.227. The van der Waals surface area contributed by atoms with Gasteiger partial charge in [0.05, 0.1) is 5.75 Å². The minimum atomic E-state index is -0.180. The van der Waals surface area contributed by atoms with Crippen LogP contribution in [0.5, 0.6) is 0 Å². The van der Waals surface area contributed by atoms with Crippen molar-refractivity contribution in [1.82, 2.24) is 20.2 Å². The van der Waals surface area contributed by atoms with Gasteiger partial charge >= 0.3 is 0 Å². The van der Waals surface area contributed by atoms with Gasteiger partial charge < -0.3 is 5.32 Å². The predicted octanol–water partition coefficient (Wildman–Crippen LogP) is 6.64. The molecule has 0 saturated carbocycles. The summed E-state index contributed by atoms with van der Waals surface area (Å²) in [6, 6.07) is 27.4. The maximum atomic E-state index is 12.6. The molecule has 0 fully saturated rings. The number of hydrogen-bond donors (Lipinski definition) is 1. The van der Waals surface area contributed by atoms with Crippen LogP contribution < -0.4 is 5.32 Å². The summed E-state index contributed by atoms with van der Waals surface area (Å²) in [5, 5.41) is 13.3. The number of aromatic nitrogens is 4. The lowest BCUT2D eigenvalue weighted by Gasteiger charge is -2.09. The molecule has 0 bridgehead atoms. The van der Waals surface area contributed by atoms with E-state index in [0.717, 1.165) is 27.3 Å². The molecule has 0 unspecified atom stereocenters. The van der Waals surface area contributed by atoms with E-state index in [0.29, 0.717) is 27.4 Å². The van der Waals surface area contributed by atoms with Gasteiger partial charge in [-0.05, 0) is 17.7 Å². The minimum absolute atomic E-state index is 0.143. The lowest BCUT2D eigenvalue weighted by Crippen LogP contribution is -2.14. The average Bonchev–Trinajstić information content (AvgIpc) is 3.34. The summed E-state index contributed by atoms with van der Waals surface area (Å²) in [5.74, 6) is -0.0373. The highest BCUT2D eigenvalue weighted by atomic mass is 35.5. The lowest BCUT2D eigenvalue weighted by atomic mass is 10.0. The van der Waals surface area contributed by atoms with Gasteiger partial charge in [0.25, 0.3) is 0 Å². The Balaban J connectivity index is 1.25. The lowest BCUT2D eigenvalue weighted by molar-refractivity contribution is -0.113. The van der Waals surface area contributed by atoms with Gasteiger partial charge in [0.1, 0.15) is 11.4 Å². The second-order valence-electron chi connectivity index (χ2n) is 7.80. The summed E-state index contributed by atoms with van der Waals surface area (Å²) in [4.78, 5) is 22.7. The number of rotatable bonds is 8. The molecule has 3 aromatic carbocycles. The normalized spacial score (nSPS) is 10.8. The molecular weight excluding hydrogens is 510 g/mol. The third kappa shape index (κ3) is 6.15. The number of carbonyl (C=O) groups excluding carboxylic acids is 1. The van der Waals surface area contributed by atoms with Gasteiger partial charge in [0, 0.05) is 33.6 Å². The van der Waals surface area contributed by atoms with E-state index in [1.54, 1.807) is 6.20 Å². The fraction of sp³-hybridized carbons (Fsp3) is 0.0741. The monoisotopic (exact) mass is 529 g/mol. The van der Waals surface area contributed by atoms with E-state index >= 15 is 0 Å². The van der Waals surface area contributed by atoms with Crippen molar-refractivity contribution in [1.29, 1.82) is 0 Å². The van der Waals surface area contributed by atoms with E-state index in [1.165, 1.54) is 23.1 Å². The molecule has 6 nitrogen and oxygen atoms in total. The molecule has 5 aromatic rings. The van der Waals surface area contributed by atoms with Crippen LogP contribution in [-0.2, 0) is 11.2 Å². The highest BCUT2D eigenvalue weighted by Gasteiger charge is 2.15. The molecule has 0 spiro atoms. The molecule has 36 heavy (non-hydrogen) atoms. The van der Waals surface area contributed by atoms with E-state index in [-0.39, 0.29) is 11.7 Å². The molecule has 1 N–H and O–H groups in total. The first-order valence-corrected chi connectivity index (χ1v) is 13.3. The predicted molar refractivity (Wildman–Crippen MR) is 146 cm³/mol. The summed E-state index contributed by atoms with van der Waals surface area (Å²) in [6.45, 7) is 0. The number of halogens is 1. The molecule has 5 rings (SSSR count). The van der Waals surface area contributed by atoms with Crippen molar-refractivity contribution in [2.24, 2.45) is 0 Å². The van der Waals surface area contributed by atoms with Crippen molar-refractivity contribution < 1.29 is 4.79 Å². The number of carbonyl (C=O) groups is 1. The summed E-state index contributed by atoms with van der Waals surface area (Å²) >= 11 is 8.75. The van der Waals surface area contributed by atoms with Crippen LogP contribution in [0.25, 0.3) is 22.5 Å². The molecule has 0 aliphatic heterocycles. The van der Waals surface area contributed by atoms with E-state index in [9.17, 15) is 4.79 Å². The van der Waals surface area contributed by atoms with Crippen molar-refractivity contribution >= 4 is 45.7 Å². The highest BCUT2D eigenvalue weighted by Crippen LogP contribution is 2.30. The minimum Gasteiger partial charge on any atom is -0.301 e. The number of anilines is 1. The van der Waals surface area contributed by atoms with Crippen molar-refractivity contribution in [2.75, 3.05) is 11.1 Å². The molecule has 0 aliphatic carbocycles. The molecule has 2 aromatic heterocycles. The number of thiazole rings is 1. The highest BCUT2D eigenvalue weighted by molar-refractivity contribution is 7.99. The van der Waals surface area contributed by atoms with Gasteiger partial charge in [-0.25, -0.2) is 9.97 Å². The SMILES string of the molecule is O=C(CSc1nnc(-c2ccccc2)c(-c2ccccc2)n1)Nc1ncc(Cc2cccc(Cl)c2)s1. The van der Waals surface area contributed by atoms with Crippen molar-refractivity contribution in [2.45, 2.75) is 11.6 Å². The first-order valence-electron chi connectivity index (χ1n) is 11.1. The van der Waals surface area contributed by atoms with Gasteiger partial charge in [-0.3, -0.25) is 4.79 Å². The van der Waals surface area contributed by atoms with Crippen LogP contribution in [0.2, 0.25) is 5.02 Å². The Morgan fingerprint density at radius 2 is 1.61 bits per heavy atom. The summed E-state index contributed by atoms with van der Waals surface area (Å²) in [5.41, 5.74) is 4.39. The molecule has 9 heteroatoms. The molecule has 2 heterocycles. The van der Waals surface area contributed by atoms with Crippen molar-refractivity contribution in [3.8, 4) is 22.5 Å². The number of benzene rings is 3. The van der Waals surface area contributed by atoms with Crippen LogP contribution in [0.4, 0.5) is 5.13 Å². The largest absolute Gasteiger partial charge is 0.301 e. The maximum absolute atomic E-state index is 12.6. The van der Waals surface area contributed by atoms with E-state index in [4.69, 9.17) is 16.6 Å². The standard InChI is InChI=1S/C27H20ClN5OS2/c28-21-13-7-8-18(14-21)15-22-16-29-26(36-22)30-23(34)17-35-27-31-24(19-9-3-1-4-10-19)25(32-33-27)20-11-5-2-6-12-20/h1-14,16H,15,17H2,(H,29,30,34). The van der Waals surface area contributed by atoms with Crippen LogP contribution in [0.1, 0.15) is 10.4 Å². The number of amides is 1. The van der Waals surface area contributed by atoms with Crippen LogP contribution in [0.15, 0.2) is 96.3 Å². The van der Waals surface area contributed by atoms with E-state index in [1.807, 2.05) is 84.9 Å². The maximum Gasteiger partial charge on any atom is 0.236 e. The van der Waals surface area contributed by atoms with Gasteiger partial charge in [-0.1, -0.05) is 96.2 Å². The zero-order valence-electron chi connectivity index (χ0n) is 19.0. The molecule has 0 radical (unpaired) electrons. The first-order chi connectivity index (χ1) is 17.6. The second kappa shape index (κ2) is 11.4. The van der Waals surface area contributed by atoms with E-state index < -0.39 is 0 Å². The Bertz CT molecular complexity index is 1480. The molecule has 0 atom stereocenters. The molecule has 0 aliphatic rings. The number of nitrogens with zero attached hydrogens (tertiary/aromatic N) is 4. The zero-order valence-corrected chi connectivity index (χ0v) is 21.4. The summed E-state index contributed by atoms with van der Waals surface area (Å²) in [7, 11) is 0. The second-order valence-corrected chi connectivity index (χ2v) is 10.3. The Hall–Kier alpha value is -3.59. The van der Waals surface area contributed by atoms with Gasteiger partial charge in [-0.15, -0.1) is 21.5 Å². The van der Waals surface area contributed by atoms with Crippen LogP contribution in [0.3, 0.4) is 0 Å². The Morgan fingerprint density at radius 3 is 2.33 bits per heavy atom. The fourth-order valence-corrected chi connectivity index (χ4v) is 5.20. The smallest absolute Gasteiger partial charge is 0.236 e. The van der Waals surface area contributed by atoms with Crippen LogP contribution >= 0.6 is 34.7 Å². The molecule has 0 saturated heterocycles. The third-order valence-corrected chi connectivity index (χ3v) is 7.15. The Kier molecular flexibility index (Phi) is 7.66. The third-order valence-electron chi connectivity index (χ3n) is 5.16. The summed E-state index contributed by atoms with van der Waals surface area (Å²) < 4.78 is 0. The van der Waals surface area contributed by atoms with Gasteiger partial charge in [0.2, 0.25) is 11.1 Å². The Morgan fingerprint density at radius 1 is 0.889 bits per heavy atom. The number of nitrogens with one attached hydrogen (secondary N) is 1. The van der Waals surface area contributed by atoms with Gasteiger partial charge in [-0.2, -0.15) is 0 Å². The molecule has 1 amide bonds. The molecule has 178 valence electrons. The first kappa shape index (κ1) is 24.1. The van der Waals surface area contributed by atoms with Gasteiger partial charge in [0.15, 0.2) is 5.13 Å². The van der Waals surface area contributed by atoms with E-state index in [2.05, 4.69) is 20.5 Å². The van der Waals surface area contributed by atoms with Crippen molar-refractivity contribution in [3.63, 3.8) is 0 Å². The van der Waals surface area contributed by atoms with Crippen LogP contribution in [-0.4, -0.2) is 31.8 Å².